The van der Waals surface area contributed by atoms with Crippen molar-refractivity contribution in [1.29, 1.82) is 0 Å². The molecule has 24 heavy (non-hydrogen) atoms. The zero-order valence-electron chi connectivity index (χ0n) is 14.8. The number of carbonyl (C=O) groups is 1. The first kappa shape index (κ1) is 17.8. The van der Waals surface area contributed by atoms with Crippen LogP contribution >= 0.6 is 0 Å². The second-order valence-electron chi connectivity index (χ2n) is 5.87. The molecule has 1 aromatic carbocycles. The molecule has 7 heteroatoms. The van der Waals surface area contributed by atoms with Crippen LogP contribution in [0.25, 0.3) is 0 Å². The van der Waals surface area contributed by atoms with Crippen LogP contribution in [-0.4, -0.2) is 48.9 Å². The number of anilines is 1. The summed E-state index contributed by atoms with van der Waals surface area (Å²) in [5.41, 5.74) is 3.33. The number of ether oxygens (including phenoxy) is 1. The Kier molecular flexibility index (Phi) is 5.81. The number of rotatable bonds is 6. The molecular weight excluding hydrogens is 306 g/mol. The van der Waals surface area contributed by atoms with Gasteiger partial charge in [-0.05, 0) is 34.0 Å². The number of nitrogens with zero attached hydrogens (tertiary/aromatic N) is 2. The van der Waals surface area contributed by atoms with Crippen LogP contribution in [-0.2, 0) is 0 Å². The van der Waals surface area contributed by atoms with Crippen LogP contribution in [0.5, 0.6) is 5.75 Å². The van der Waals surface area contributed by atoms with E-state index in [0.717, 1.165) is 22.7 Å². The van der Waals surface area contributed by atoms with E-state index in [1.54, 1.807) is 7.11 Å². The topological polar surface area (TPSA) is 82.3 Å². The van der Waals surface area contributed by atoms with Crippen LogP contribution in [0.1, 0.15) is 23.0 Å². The summed E-state index contributed by atoms with van der Waals surface area (Å²) < 4.78 is 5.43. The number of para-hydroxylation sites is 1. The van der Waals surface area contributed by atoms with E-state index in [1.807, 2.05) is 57.1 Å². The van der Waals surface area contributed by atoms with Crippen molar-refractivity contribution in [3.05, 3.63) is 41.2 Å². The van der Waals surface area contributed by atoms with Gasteiger partial charge in [-0.1, -0.05) is 18.2 Å². The molecule has 0 saturated carbocycles. The minimum Gasteiger partial charge on any atom is -0.496 e. The van der Waals surface area contributed by atoms with Crippen molar-refractivity contribution < 1.29 is 9.53 Å². The summed E-state index contributed by atoms with van der Waals surface area (Å²) >= 11 is 0. The van der Waals surface area contributed by atoms with Gasteiger partial charge in [0.15, 0.2) is 0 Å². The number of benzene rings is 1. The number of carbonyl (C=O) groups excluding carboxylic acids is 1. The third-order valence-electron chi connectivity index (χ3n) is 3.94. The number of hydrogen-bond donors (Lipinski definition) is 3. The highest BCUT2D eigenvalue weighted by Crippen LogP contribution is 2.27. The molecule has 0 radical (unpaired) electrons. The fraction of sp³-hybridized carbons (Fsp3) is 0.412. The molecule has 3 N–H and O–H groups in total. The molecule has 130 valence electrons. The first-order valence-corrected chi connectivity index (χ1v) is 7.79. The van der Waals surface area contributed by atoms with Gasteiger partial charge in [0.1, 0.15) is 5.75 Å². The van der Waals surface area contributed by atoms with Gasteiger partial charge in [-0.15, -0.1) is 0 Å². The third kappa shape index (κ3) is 4.05. The molecule has 0 spiro atoms. The van der Waals surface area contributed by atoms with Gasteiger partial charge in [-0.2, -0.15) is 5.10 Å². The SMILES string of the molecule is COc1ccccc1C(CNC(=O)Nc1c(C)n[nH]c1C)N(C)C. The fourth-order valence-corrected chi connectivity index (χ4v) is 2.59. The maximum atomic E-state index is 12.2. The van der Waals surface area contributed by atoms with Gasteiger partial charge >= 0.3 is 6.03 Å². The van der Waals surface area contributed by atoms with E-state index in [4.69, 9.17) is 4.74 Å². The van der Waals surface area contributed by atoms with Gasteiger partial charge in [0.25, 0.3) is 0 Å². The normalized spacial score (nSPS) is 12.1. The van der Waals surface area contributed by atoms with Crippen LogP contribution in [0.15, 0.2) is 24.3 Å². The largest absolute Gasteiger partial charge is 0.496 e. The molecule has 0 saturated heterocycles. The Morgan fingerprint density at radius 2 is 2.04 bits per heavy atom. The monoisotopic (exact) mass is 331 g/mol. The van der Waals surface area contributed by atoms with Gasteiger partial charge in [0.05, 0.1) is 30.2 Å². The number of urea groups is 1. The fourth-order valence-electron chi connectivity index (χ4n) is 2.59. The van der Waals surface area contributed by atoms with Crippen LogP contribution in [0.4, 0.5) is 10.5 Å². The number of methoxy groups -OCH3 is 1. The van der Waals surface area contributed by atoms with Gasteiger partial charge in [-0.25, -0.2) is 4.79 Å². The molecule has 1 unspecified atom stereocenters. The molecule has 1 aromatic heterocycles. The number of H-pyrrole nitrogens is 1. The minimum atomic E-state index is -0.260. The highest BCUT2D eigenvalue weighted by atomic mass is 16.5. The van der Waals surface area contributed by atoms with Crippen LogP contribution < -0.4 is 15.4 Å². The second-order valence-corrected chi connectivity index (χ2v) is 5.87. The maximum Gasteiger partial charge on any atom is 0.319 e. The number of nitrogens with one attached hydrogen (secondary N) is 3. The van der Waals surface area contributed by atoms with Crippen molar-refractivity contribution in [2.75, 3.05) is 33.1 Å². The van der Waals surface area contributed by atoms with Gasteiger partial charge in [0.2, 0.25) is 0 Å². The Labute approximate surface area is 142 Å². The van der Waals surface area contributed by atoms with E-state index in [9.17, 15) is 4.79 Å². The Bertz CT molecular complexity index is 677. The van der Waals surface area contributed by atoms with Crippen molar-refractivity contribution >= 4 is 11.7 Å². The zero-order valence-corrected chi connectivity index (χ0v) is 14.8. The molecule has 2 rings (SSSR count). The number of aromatic nitrogens is 2. The summed E-state index contributed by atoms with van der Waals surface area (Å²) in [4.78, 5) is 14.3. The van der Waals surface area contributed by atoms with Crippen molar-refractivity contribution in [3.8, 4) is 5.75 Å². The van der Waals surface area contributed by atoms with Crippen molar-refractivity contribution in [2.24, 2.45) is 0 Å². The summed E-state index contributed by atoms with van der Waals surface area (Å²) in [6, 6.07) is 7.56. The summed E-state index contributed by atoms with van der Waals surface area (Å²) in [5.74, 6) is 0.805. The molecule has 0 aliphatic heterocycles. The van der Waals surface area contributed by atoms with E-state index < -0.39 is 0 Å². The third-order valence-corrected chi connectivity index (χ3v) is 3.94. The Balaban J connectivity index is 2.05. The molecule has 1 heterocycles. The lowest BCUT2D eigenvalue weighted by atomic mass is 10.0. The summed E-state index contributed by atoms with van der Waals surface area (Å²) in [6.07, 6.45) is 0. The average molecular weight is 331 g/mol. The Morgan fingerprint density at radius 1 is 1.33 bits per heavy atom. The van der Waals surface area contributed by atoms with Gasteiger partial charge < -0.3 is 20.3 Å². The summed E-state index contributed by atoms with van der Waals surface area (Å²) in [6.45, 7) is 4.17. The number of hydrogen-bond acceptors (Lipinski definition) is 4. The van der Waals surface area contributed by atoms with Crippen molar-refractivity contribution in [1.82, 2.24) is 20.4 Å². The van der Waals surface area contributed by atoms with E-state index in [1.165, 1.54) is 0 Å². The van der Waals surface area contributed by atoms with Crippen molar-refractivity contribution in [3.63, 3.8) is 0 Å². The number of aromatic amines is 1. The summed E-state index contributed by atoms with van der Waals surface area (Å²) in [5, 5.41) is 12.7. The van der Waals surface area contributed by atoms with E-state index in [0.29, 0.717) is 12.2 Å². The molecule has 0 aliphatic carbocycles. The van der Waals surface area contributed by atoms with Gasteiger partial charge in [-0.3, -0.25) is 5.10 Å². The predicted octanol–water partition coefficient (Wildman–Crippen LogP) is 2.46. The van der Waals surface area contributed by atoms with Crippen LogP contribution in [0, 0.1) is 13.8 Å². The Hall–Kier alpha value is -2.54. The molecule has 2 aromatic rings. The Morgan fingerprint density at radius 3 is 2.62 bits per heavy atom. The van der Waals surface area contributed by atoms with Crippen LogP contribution in [0.3, 0.4) is 0 Å². The van der Waals surface area contributed by atoms with Crippen molar-refractivity contribution in [2.45, 2.75) is 19.9 Å². The minimum absolute atomic E-state index is 0.00144. The molecule has 0 aliphatic rings. The molecule has 0 fully saturated rings. The molecule has 7 nitrogen and oxygen atoms in total. The van der Waals surface area contributed by atoms with Gasteiger partial charge in [0, 0.05) is 12.1 Å². The first-order chi connectivity index (χ1) is 11.4. The maximum absolute atomic E-state index is 12.2. The average Bonchev–Trinajstić information content (AvgIpc) is 2.87. The molecule has 2 amide bonds. The smallest absolute Gasteiger partial charge is 0.319 e. The number of aryl methyl sites for hydroxylation is 2. The number of amides is 2. The molecule has 1 atom stereocenters. The summed E-state index contributed by atoms with van der Waals surface area (Å²) in [7, 11) is 5.60. The highest BCUT2D eigenvalue weighted by molar-refractivity contribution is 5.90. The lowest BCUT2D eigenvalue weighted by Crippen LogP contribution is -2.37. The van der Waals surface area contributed by atoms with Crippen LogP contribution in [0.2, 0.25) is 0 Å². The van der Waals surface area contributed by atoms with E-state index in [-0.39, 0.29) is 12.1 Å². The van der Waals surface area contributed by atoms with E-state index >= 15 is 0 Å². The van der Waals surface area contributed by atoms with E-state index in [2.05, 4.69) is 20.8 Å². The first-order valence-electron chi connectivity index (χ1n) is 7.79. The zero-order chi connectivity index (χ0) is 17.7. The quantitative estimate of drug-likeness (QED) is 0.759. The second kappa shape index (κ2) is 7.83. The highest BCUT2D eigenvalue weighted by Gasteiger charge is 2.19. The molecular formula is C17H25N5O2. The molecule has 0 bridgehead atoms. The lowest BCUT2D eigenvalue weighted by molar-refractivity contribution is 0.242. The standard InChI is InChI=1S/C17H25N5O2/c1-11-16(12(2)21-20-11)19-17(23)18-10-14(22(3)4)13-8-6-7-9-15(13)24-5/h6-9,14H,10H2,1-5H3,(H,20,21)(H2,18,19,23). The predicted molar refractivity (Wildman–Crippen MR) is 94.5 cm³/mol. The lowest BCUT2D eigenvalue weighted by Gasteiger charge is -2.26. The number of likely N-dealkylation sites (N-methyl/N-ethyl adjacent to an activating group) is 1.